The summed E-state index contributed by atoms with van der Waals surface area (Å²) in [5, 5.41) is 12.0. The molecule has 6 nitrogen and oxygen atoms in total. The van der Waals surface area contributed by atoms with E-state index in [1.165, 1.54) is 6.42 Å². The third-order valence-corrected chi connectivity index (χ3v) is 6.36. The van der Waals surface area contributed by atoms with Crippen molar-refractivity contribution in [2.75, 3.05) is 18.0 Å². The van der Waals surface area contributed by atoms with E-state index in [1.807, 2.05) is 50.2 Å². The highest BCUT2D eigenvalue weighted by molar-refractivity contribution is 5.70. The van der Waals surface area contributed by atoms with Gasteiger partial charge < -0.3 is 4.90 Å². The van der Waals surface area contributed by atoms with Crippen LogP contribution in [0.4, 0.5) is 11.4 Å². The van der Waals surface area contributed by atoms with Gasteiger partial charge in [0.15, 0.2) is 0 Å². The number of aryl methyl sites for hydroxylation is 1. The Kier molecular flexibility index (Phi) is 6.69. The first-order valence-corrected chi connectivity index (χ1v) is 11.3. The van der Waals surface area contributed by atoms with Gasteiger partial charge in [0, 0.05) is 48.9 Å². The fourth-order valence-electron chi connectivity index (χ4n) is 4.58. The summed E-state index contributed by atoms with van der Waals surface area (Å²) in [5.41, 5.74) is 6.50. The summed E-state index contributed by atoms with van der Waals surface area (Å²) in [4.78, 5) is 23.1. The minimum absolute atomic E-state index is 0.223. The molecule has 0 saturated carbocycles. The highest BCUT2D eigenvalue weighted by Gasteiger charge is 2.27. The Labute approximate surface area is 194 Å². The van der Waals surface area contributed by atoms with Crippen molar-refractivity contribution in [2.24, 2.45) is 0 Å². The zero-order valence-corrected chi connectivity index (χ0v) is 19.2. The summed E-state index contributed by atoms with van der Waals surface area (Å²) in [7, 11) is 0. The Morgan fingerprint density at radius 3 is 2.48 bits per heavy atom. The Bertz CT molecular complexity index is 1210. The van der Waals surface area contributed by atoms with Gasteiger partial charge in [0.25, 0.3) is 5.69 Å². The number of nitro benzene ring substituents is 1. The Balaban J connectivity index is 1.62. The number of hydrogen-bond acceptors (Lipinski definition) is 5. The van der Waals surface area contributed by atoms with E-state index in [0.717, 1.165) is 71.0 Å². The first kappa shape index (κ1) is 22.5. The molecule has 0 bridgehead atoms. The number of anilines is 1. The number of terminal acetylenes is 1. The van der Waals surface area contributed by atoms with Gasteiger partial charge in [-0.05, 0) is 74.1 Å². The molecule has 0 aliphatic carbocycles. The van der Waals surface area contributed by atoms with Crippen molar-refractivity contribution in [3.63, 3.8) is 0 Å². The van der Waals surface area contributed by atoms with E-state index in [2.05, 4.69) is 15.8 Å². The second-order valence-electron chi connectivity index (χ2n) is 8.63. The number of aromatic nitrogens is 2. The Hall–Kier alpha value is -3.72. The average Bonchev–Trinajstić information content (AvgIpc) is 2.82. The van der Waals surface area contributed by atoms with Gasteiger partial charge in [-0.2, -0.15) is 0 Å². The minimum Gasteiger partial charge on any atom is -0.366 e. The number of nitro groups is 1. The smallest absolute Gasteiger partial charge is 0.295 e. The molecule has 0 radical (unpaired) electrons. The summed E-state index contributed by atoms with van der Waals surface area (Å²) >= 11 is 0. The average molecular weight is 441 g/mol. The fourth-order valence-corrected chi connectivity index (χ4v) is 4.58. The van der Waals surface area contributed by atoms with Crippen LogP contribution in [0.15, 0.2) is 42.6 Å². The second kappa shape index (κ2) is 9.83. The van der Waals surface area contributed by atoms with Gasteiger partial charge in [-0.3, -0.25) is 10.1 Å². The van der Waals surface area contributed by atoms with E-state index >= 15 is 0 Å². The molecular formula is C27H28N4O2. The summed E-state index contributed by atoms with van der Waals surface area (Å²) in [6.45, 7) is 5.64. The first-order valence-electron chi connectivity index (χ1n) is 11.3. The molecule has 0 atom stereocenters. The van der Waals surface area contributed by atoms with Crippen molar-refractivity contribution in [3.05, 3.63) is 92.0 Å². The highest BCUT2D eigenvalue weighted by Crippen LogP contribution is 2.37. The van der Waals surface area contributed by atoms with E-state index in [9.17, 15) is 10.1 Å². The van der Waals surface area contributed by atoms with Crippen molar-refractivity contribution in [2.45, 2.75) is 46.0 Å². The standard InChI is InChI=1S/C27H28N4O2/c1-4-21-8-10-22(11-9-21)17-26-28-13-12-23(29-26)18-24-19(2)16-25(27(20(24)3)31(32)33)30-14-6-5-7-15-30/h1,8-13,16H,5-7,14-15,17-18H2,2-3H3. The molecule has 33 heavy (non-hydrogen) atoms. The SMILES string of the molecule is C#Cc1ccc(Cc2nccc(Cc3c(C)cc(N4CCCCC4)c([N+](=O)[O-])c3C)n2)cc1. The second-order valence-corrected chi connectivity index (χ2v) is 8.63. The lowest BCUT2D eigenvalue weighted by molar-refractivity contribution is -0.384. The Morgan fingerprint density at radius 1 is 1.09 bits per heavy atom. The van der Waals surface area contributed by atoms with Gasteiger partial charge in [0.2, 0.25) is 0 Å². The molecule has 1 aliphatic heterocycles. The molecule has 0 amide bonds. The number of piperidine rings is 1. The number of nitrogens with zero attached hydrogens (tertiary/aromatic N) is 4. The highest BCUT2D eigenvalue weighted by atomic mass is 16.6. The molecule has 0 spiro atoms. The van der Waals surface area contributed by atoms with Gasteiger partial charge in [-0.1, -0.05) is 18.1 Å². The summed E-state index contributed by atoms with van der Waals surface area (Å²) in [5.74, 6) is 3.34. The van der Waals surface area contributed by atoms with Crippen molar-refractivity contribution in [3.8, 4) is 12.3 Å². The molecule has 1 fully saturated rings. The maximum Gasteiger partial charge on any atom is 0.295 e. The molecule has 168 valence electrons. The van der Waals surface area contributed by atoms with Gasteiger partial charge in [0.1, 0.15) is 11.5 Å². The molecule has 6 heteroatoms. The summed E-state index contributed by atoms with van der Waals surface area (Å²) < 4.78 is 0. The van der Waals surface area contributed by atoms with E-state index in [1.54, 1.807) is 6.20 Å². The largest absolute Gasteiger partial charge is 0.366 e. The molecular weight excluding hydrogens is 412 g/mol. The molecule has 4 rings (SSSR count). The van der Waals surface area contributed by atoms with Crippen LogP contribution in [0, 0.1) is 36.3 Å². The normalized spacial score (nSPS) is 13.5. The molecule has 0 N–H and O–H groups in total. The van der Waals surface area contributed by atoms with Crippen molar-refractivity contribution >= 4 is 11.4 Å². The molecule has 2 aromatic carbocycles. The van der Waals surface area contributed by atoms with E-state index < -0.39 is 0 Å². The number of hydrogen-bond donors (Lipinski definition) is 0. The van der Waals surface area contributed by atoms with Gasteiger partial charge in [-0.15, -0.1) is 6.42 Å². The maximum absolute atomic E-state index is 12.0. The molecule has 0 unspecified atom stereocenters. The van der Waals surface area contributed by atoms with Gasteiger partial charge in [0.05, 0.1) is 4.92 Å². The minimum atomic E-state index is -0.229. The third kappa shape index (κ3) is 5.04. The van der Waals surface area contributed by atoms with Crippen LogP contribution in [0.1, 0.15) is 58.6 Å². The van der Waals surface area contributed by atoms with Crippen LogP contribution in [-0.2, 0) is 12.8 Å². The topological polar surface area (TPSA) is 72.2 Å². The maximum atomic E-state index is 12.0. The van der Waals surface area contributed by atoms with Crippen LogP contribution in [0.3, 0.4) is 0 Å². The van der Waals surface area contributed by atoms with E-state index in [0.29, 0.717) is 12.8 Å². The lowest BCUT2D eigenvalue weighted by Gasteiger charge is -2.29. The van der Waals surface area contributed by atoms with Crippen molar-refractivity contribution in [1.29, 1.82) is 0 Å². The molecule has 3 aromatic rings. The summed E-state index contributed by atoms with van der Waals surface area (Å²) in [6.07, 6.45) is 11.7. The van der Waals surface area contributed by atoms with Crippen LogP contribution in [0.5, 0.6) is 0 Å². The van der Waals surface area contributed by atoms with Crippen LogP contribution < -0.4 is 4.90 Å². The van der Waals surface area contributed by atoms with E-state index in [4.69, 9.17) is 11.4 Å². The first-order chi connectivity index (χ1) is 16.0. The van der Waals surface area contributed by atoms with Crippen LogP contribution >= 0.6 is 0 Å². The lowest BCUT2D eigenvalue weighted by atomic mass is 9.94. The summed E-state index contributed by atoms with van der Waals surface area (Å²) in [6, 6.07) is 11.7. The lowest BCUT2D eigenvalue weighted by Crippen LogP contribution is -2.30. The molecule has 1 aliphatic rings. The predicted octanol–water partition coefficient (Wildman–Crippen LogP) is 5.15. The van der Waals surface area contributed by atoms with Crippen LogP contribution in [0.2, 0.25) is 0 Å². The quantitative estimate of drug-likeness (QED) is 0.301. The van der Waals surface area contributed by atoms with Gasteiger partial charge >= 0.3 is 0 Å². The molecule has 1 aromatic heterocycles. The predicted molar refractivity (Wildman–Crippen MR) is 131 cm³/mol. The van der Waals surface area contributed by atoms with E-state index in [-0.39, 0.29) is 10.6 Å². The monoisotopic (exact) mass is 440 g/mol. The van der Waals surface area contributed by atoms with Crippen LogP contribution in [0.25, 0.3) is 0 Å². The molecule has 2 heterocycles. The zero-order valence-electron chi connectivity index (χ0n) is 19.2. The molecule has 1 saturated heterocycles. The third-order valence-electron chi connectivity index (χ3n) is 6.36. The zero-order chi connectivity index (χ0) is 23.4. The number of benzene rings is 2. The van der Waals surface area contributed by atoms with Crippen molar-refractivity contribution in [1.82, 2.24) is 9.97 Å². The fraction of sp³-hybridized carbons (Fsp3) is 0.333. The van der Waals surface area contributed by atoms with Gasteiger partial charge in [-0.25, -0.2) is 9.97 Å². The Morgan fingerprint density at radius 2 is 1.82 bits per heavy atom. The van der Waals surface area contributed by atoms with Crippen molar-refractivity contribution < 1.29 is 4.92 Å². The van der Waals surface area contributed by atoms with Crippen LogP contribution in [-0.4, -0.2) is 28.0 Å². The number of rotatable bonds is 6.